The van der Waals surface area contributed by atoms with Crippen molar-refractivity contribution in [1.29, 1.82) is 0 Å². The van der Waals surface area contributed by atoms with Crippen molar-refractivity contribution in [2.24, 2.45) is 7.05 Å². The zero-order valence-corrected chi connectivity index (χ0v) is 15.6. The minimum Gasteiger partial charge on any atom is -0.373 e. The summed E-state index contributed by atoms with van der Waals surface area (Å²) in [6.45, 7) is 11.0. The molecule has 0 aliphatic carbocycles. The van der Waals surface area contributed by atoms with Gasteiger partial charge in [0, 0.05) is 62.1 Å². The maximum atomic E-state index is 6.10. The molecule has 2 fully saturated rings. The Morgan fingerprint density at radius 3 is 2.80 bits per heavy atom. The van der Waals surface area contributed by atoms with Gasteiger partial charge in [-0.05, 0) is 32.9 Å². The van der Waals surface area contributed by atoms with Crippen LogP contribution in [0.3, 0.4) is 0 Å². The van der Waals surface area contributed by atoms with Gasteiger partial charge in [-0.1, -0.05) is 0 Å². The van der Waals surface area contributed by atoms with Gasteiger partial charge in [0.15, 0.2) is 0 Å². The average molecular weight is 341 g/mol. The van der Waals surface area contributed by atoms with E-state index in [1.807, 2.05) is 17.9 Å². The molecule has 6 nitrogen and oxygen atoms in total. The highest BCUT2D eigenvalue weighted by Gasteiger charge is 2.40. The Bertz CT molecular complexity index is 771. The highest BCUT2D eigenvalue weighted by molar-refractivity contribution is 5.48. The minimum atomic E-state index is 0.277. The number of aromatic nitrogens is 3. The summed E-state index contributed by atoms with van der Waals surface area (Å²) >= 11 is 0. The van der Waals surface area contributed by atoms with Crippen molar-refractivity contribution in [1.82, 2.24) is 19.7 Å². The van der Waals surface area contributed by atoms with Crippen molar-refractivity contribution in [3.8, 4) is 0 Å². The van der Waals surface area contributed by atoms with E-state index < -0.39 is 0 Å². The number of rotatable bonds is 3. The largest absolute Gasteiger partial charge is 0.373 e. The first kappa shape index (κ1) is 16.5. The molecule has 0 radical (unpaired) electrons. The highest BCUT2D eigenvalue weighted by atomic mass is 16.5. The second kappa shape index (κ2) is 6.42. The number of pyridine rings is 1. The molecule has 2 saturated heterocycles. The fourth-order valence-electron chi connectivity index (χ4n) is 4.19. The third kappa shape index (κ3) is 3.04. The zero-order valence-electron chi connectivity index (χ0n) is 15.6. The summed E-state index contributed by atoms with van der Waals surface area (Å²) in [5.74, 6) is 0. The first-order valence-corrected chi connectivity index (χ1v) is 9.05. The lowest BCUT2D eigenvalue weighted by Gasteiger charge is -2.38. The molecule has 0 N–H and O–H groups in total. The van der Waals surface area contributed by atoms with Gasteiger partial charge in [0.2, 0.25) is 0 Å². The van der Waals surface area contributed by atoms with Gasteiger partial charge in [-0.2, -0.15) is 5.10 Å². The maximum Gasteiger partial charge on any atom is 0.0918 e. The van der Waals surface area contributed by atoms with Crippen LogP contribution in [-0.2, 0) is 18.3 Å². The normalized spacial score (nSPS) is 23.9. The van der Waals surface area contributed by atoms with E-state index in [9.17, 15) is 0 Å². The molecule has 0 spiro atoms. The molecule has 0 saturated carbocycles. The van der Waals surface area contributed by atoms with Crippen LogP contribution in [0.25, 0.3) is 0 Å². The van der Waals surface area contributed by atoms with Gasteiger partial charge in [-0.3, -0.25) is 14.6 Å². The molecule has 4 heterocycles. The second-order valence-electron chi connectivity index (χ2n) is 7.29. The fourth-order valence-corrected chi connectivity index (χ4v) is 4.19. The lowest BCUT2D eigenvalue weighted by atomic mass is 10.1. The van der Waals surface area contributed by atoms with Crippen LogP contribution in [0.1, 0.15) is 22.6 Å². The lowest BCUT2D eigenvalue weighted by Crippen LogP contribution is -2.51. The molecule has 4 rings (SSSR count). The Balaban J connectivity index is 1.53. The first-order valence-electron chi connectivity index (χ1n) is 9.05. The van der Waals surface area contributed by atoms with Gasteiger partial charge < -0.3 is 9.64 Å². The van der Waals surface area contributed by atoms with Crippen LogP contribution in [0.5, 0.6) is 0 Å². The third-order valence-corrected chi connectivity index (χ3v) is 5.63. The predicted octanol–water partition coefficient (Wildman–Crippen LogP) is 1.83. The van der Waals surface area contributed by atoms with E-state index in [0.29, 0.717) is 6.04 Å². The van der Waals surface area contributed by atoms with Crippen LogP contribution in [0.15, 0.2) is 18.3 Å². The van der Waals surface area contributed by atoms with Gasteiger partial charge in [0.1, 0.15) is 0 Å². The summed E-state index contributed by atoms with van der Waals surface area (Å²) in [5, 5.41) is 4.56. The first-order chi connectivity index (χ1) is 12.0. The number of morpholine rings is 1. The van der Waals surface area contributed by atoms with Crippen molar-refractivity contribution in [3.05, 3.63) is 41.0 Å². The quantitative estimate of drug-likeness (QED) is 0.852. The molecular weight excluding hydrogens is 314 g/mol. The summed E-state index contributed by atoms with van der Waals surface area (Å²) in [6, 6.07) is 4.71. The number of hydrogen-bond acceptors (Lipinski definition) is 5. The van der Waals surface area contributed by atoms with Crippen LogP contribution >= 0.6 is 0 Å². The third-order valence-electron chi connectivity index (χ3n) is 5.63. The van der Waals surface area contributed by atoms with Crippen molar-refractivity contribution < 1.29 is 4.74 Å². The van der Waals surface area contributed by atoms with Crippen LogP contribution in [-0.4, -0.2) is 58.1 Å². The number of aryl methyl sites for hydroxylation is 3. The molecule has 134 valence electrons. The topological polar surface area (TPSA) is 46.4 Å². The van der Waals surface area contributed by atoms with Crippen LogP contribution in [0.2, 0.25) is 0 Å². The Hall–Kier alpha value is -1.92. The highest BCUT2D eigenvalue weighted by Crippen LogP contribution is 2.29. The van der Waals surface area contributed by atoms with Crippen LogP contribution in [0, 0.1) is 20.8 Å². The van der Waals surface area contributed by atoms with Crippen molar-refractivity contribution in [3.63, 3.8) is 0 Å². The fraction of sp³-hybridized carbons (Fsp3) is 0.579. The lowest BCUT2D eigenvalue weighted by molar-refractivity contribution is 0.0306. The van der Waals surface area contributed by atoms with Crippen molar-refractivity contribution in [2.45, 2.75) is 39.5 Å². The standard InChI is InChI=1S/C19H27N5O/c1-13-9-16(5-6-20-13)24-7-8-25-19-12-23(11-18(19)24)10-17-14(2)21-22(4)15(17)3/h5-6,9,18-19H,7-8,10-12H2,1-4H3/t18-,19-/m0/s1. The van der Waals surface area contributed by atoms with E-state index in [0.717, 1.165) is 44.2 Å². The van der Waals surface area contributed by atoms with Gasteiger partial charge in [-0.25, -0.2) is 0 Å². The molecule has 2 aromatic heterocycles. The van der Waals surface area contributed by atoms with Gasteiger partial charge in [0.25, 0.3) is 0 Å². The van der Waals surface area contributed by atoms with Gasteiger partial charge in [-0.15, -0.1) is 0 Å². The molecular formula is C19H27N5O. The monoisotopic (exact) mass is 341 g/mol. The summed E-state index contributed by atoms with van der Waals surface area (Å²) in [7, 11) is 2.02. The molecule has 0 amide bonds. The molecule has 25 heavy (non-hydrogen) atoms. The number of anilines is 1. The zero-order chi connectivity index (χ0) is 17.6. The van der Waals surface area contributed by atoms with Gasteiger partial charge >= 0.3 is 0 Å². The molecule has 2 aliphatic heterocycles. The summed E-state index contributed by atoms with van der Waals surface area (Å²) in [5.41, 5.74) is 6.08. The molecule has 0 aromatic carbocycles. The number of fused-ring (bicyclic) bond motifs is 1. The number of hydrogen-bond donors (Lipinski definition) is 0. The van der Waals surface area contributed by atoms with Crippen molar-refractivity contribution >= 4 is 5.69 Å². The van der Waals surface area contributed by atoms with Crippen LogP contribution < -0.4 is 4.90 Å². The summed E-state index contributed by atoms with van der Waals surface area (Å²) < 4.78 is 8.08. The smallest absolute Gasteiger partial charge is 0.0918 e. The molecule has 0 bridgehead atoms. The van der Waals surface area contributed by atoms with E-state index in [-0.39, 0.29) is 6.10 Å². The Kier molecular flexibility index (Phi) is 4.25. The van der Waals surface area contributed by atoms with E-state index in [1.165, 1.54) is 16.9 Å². The minimum absolute atomic E-state index is 0.277. The average Bonchev–Trinajstić information content (AvgIpc) is 3.10. The second-order valence-corrected chi connectivity index (χ2v) is 7.29. The number of nitrogens with zero attached hydrogens (tertiary/aromatic N) is 5. The molecule has 6 heteroatoms. The molecule has 2 aromatic rings. The van der Waals surface area contributed by atoms with Gasteiger partial charge in [0.05, 0.1) is 24.4 Å². The van der Waals surface area contributed by atoms with Crippen molar-refractivity contribution in [2.75, 3.05) is 31.1 Å². The number of likely N-dealkylation sites (tertiary alicyclic amines) is 1. The Morgan fingerprint density at radius 1 is 1.24 bits per heavy atom. The summed E-state index contributed by atoms with van der Waals surface area (Å²) in [4.78, 5) is 9.35. The van der Waals surface area contributed by atoms with E-state index in [2.05, 4.69) is 52.8 Å². The predicted molar refractivity (Wildman–Crippen MR) is 97.8 cm³/mol. The van der Waals surface area contributed by atoms with E-state index >= 15 is 0 Å². The molecule has 2 atom stereocenters. The number of ether oxygens (including phenoxy) is 1. The Labute approximate surface area is 149 Å². The van der Waals surface area contributed by atoms with Crippen LogP contribution in [0.4, 0.5) is 5.69 Å². The Morgan fingerprint density at radius 2 is 2.08 bits per heavy atom. The maximum absolute atomic E-state index is 6.10. The summed E-state index contributed by atoms with van der Waals surface area (Å²) in [6.07, 6.45) is 2.18. The SMILES string of the molecule is Cc1cc(N2CCO[C@H]3CN(Cc4c(C)nn(C)c4C)C[C@@H]32)ccn1. The van der Waals surface area contributed by atoms with E-state index in [4.69, 9.17) is 4.74 Å². The molecule has 2 aliphatic rings. The molecule has 0 unspecified atom stereocenters. The van der Waals surface area contributed by atoms with E-state index in [1.54, 1.807) is 0 Å².